The molecule has 30 heavy (non-hydrogen) atoms. The average molecular weight is 433 g/mol. The zero-order valence-corrected chi connectivity index (χ0v) is 17.2. The van der Waals surface area contributed by atoms with Gasteiger partial charge in [0, 0.05) is 35.4 Å². The van der Waals surface area contributed by atoms with E-state index in [0.29, 0.717) is 11.5 Å². The number of nitrogens with zero attached hydrogens (tertiary/aromatic N) is 6. The second kappa shape index (κ2) is 6.48. The maximum Gasteiger partial charge on any atom is 0.161 e. The molecule has 0 spiro atoms. The fourth-order valence-corrected chi connectivity index (χ4v) is 4.52. The van der Waals surface area contributed by atoms with E-state index in [2.05, 4.69) is 25.3 Å². The van der Waals surface area contributed by atoms with Gasteiger partial charge in [-0.15, -0.1) is 11.3 Å². The normalized spacial score (nSPS) is 11.7. The van der Waals surface area contributed by atoms with E-state index in [1.165, 1.54) is 11.3 Å². The van der Waals surface area contributed by atoms with Gasteiger partial charge in [0.1, 0.15) is 11.0 Å². The Hall–Kier alpha value is -3.56. The van der Waals surface area contributed by atoms with E-state index < -0.39 is 0 Å². The predicted molar refractivity (Wildman–Crippen MR) is 117 cm³/mol. The molecule has 6 heterocycles. The molecule has 0 amide bonds. The van der Waals surface area contributed by atoms with Crippen LogP contribution in [0.15, 0.2) is 49.1 Å². The van der Waals surface area contributed by atoms with E-state index in [9.17, 15) is 0 Å². The molecule has 0 radical (unpaired) electrons. The van der Waals surface area contributed by atoms with Crippen molar-refractivity contribution in [3.05, 3.63) is 53.4 Å². The molecule has 10 heteroatoms. The summed E-state index contributed by atoms with van der Waals surface area (Å²) in [5.41, 5.74) is 6.57. The minimum Gasteiger partial charge on any atom is -0.335 e. The van der Waals surface area contributed by atoms with Crippen LogP contribution in [-0.4, -0.2) is 39.9 Å². The topological polar surface area (TPSA) is 101 Å². The molecule has 0 unspecified atom stereocenters. The van der Waals surface area contributed by atoms with Gasteiger partial charge in [-0.3, -0.25) is 14.8 Å². The number of aryl methyl sites for hydroxylation is 1. The van der Waals surface area contributed by atoms with Gasteiger partial charge in [-0.1, -0.05) is 11.6 Å². The average Bonchev–Trinajstić information content (AvgIpc) is 3.52. The third-order valence-corrected chi connectivity index (χ3v) is 6.13. The van der Waals surface area contributed by atoms with Crippen molar-refractivity contribution in [3.8, 4) is 33.2 Å². The molecule has 6 rings (SSSR count). The lowest BCUT2D eigenvalue weighted by molar-refractivity contribution is 0.768. The molecule has 0 aliphatic heterocycles. The first-order valence-corrected chi connectivity index (χ1v) is 10.3. The van der Waals surface area contributed by atoms with Crippen LogP contribution in [-0.2, 0) is 7.05 Å². The van der Waals surface area contributed by atoms with Gasteiger partial charge in [-0.2, -0.15) is 10.2 Å². The van der Waals surface area contributed by atoms with Crippen LogP contribution in [0.1, 0.15) is 0 Å². The van der Waals surface area contributed by atoms with Crippen LogP contribution in [0.3, 0.4) is 0 Å². The molecular formula is C20H13ClN8S. The van der Waals surface area contributed by atoms with Gasteiger partial charge >= 0.3 is 0 Å². The maximum absolute atomic E-state index is 6.12. The van der Waals surface area contributed by atoms with Gasteiger partial charge in [0.15, 0.2) is 11.5 Å². The first kappa shape index (κ1) is 17.3. The van der Waals surface area contributed by atoms with Gasteiger partial charge in [0.25, 0.3) is 0 Å². The summed E-state index contributed by atoms with van der Waals surface area (Å²) in [5.74, 6) is 0.629. The Morgan fingerprint density at radius 2 is 1.93 bits per heavy atom. The third-order valence-electron chi connectivity index (χ3n) is 4.87. The van der Waals surface area contributed by atoms with Crippen LogP contribution in [0.4, 0.5) is 0 Å². The lowest BCUT2D eigenvalue weighted by atomic mass is 10.2. The van der Waals surface area contributed by atoms with Gasteiger partial charge in [-0.05, 0) is 24.3 Å². The molecule has 6 aromatic rings. The largest absolute Gasteiger partial charge is 0.335 e. The Balaban J connectivity index is 1.52. The molecule has 146 valence electrons. The highest BCUT2D eigenvalue weighted by Gasteiger charge is 2.17. The number of hydrogen-bond acceptors (Lipinski definition) is 6. The van der Waals surface area contributed by atoms with Gasteiger partial charge in [0.05, 0.1) is 33.5 Å². The first-order valence-electron chi connectivity index (χ1n) is 9.09. The number of halogens is 1. The summed E-state index contributed by atoms with van der Waals surface area (Å²) in [6.07, 6.45) is 7.28. The molecular weight excluding hydrogens is 420 g/mol. The van der Waals surface area contributed by atoms with Crippen LogP contribution >= 0.6 is 22.9 Å². The van der Waals surface area contributed by atoms with Gasteiger partial charge < -0.3 is 4.98 Å². The Bertz CT molecular complexity index is 1540. The molecule has 6 aromatic heterocycles. The summed E-state index contributed by atoms with van der Waals surface area (Å²) in [5, 5.41) is 11.7. The summed E-state index contributed by atoms with van der Waals surface area (Å²) in [7, 11) is 1.88. The minimum atomic E-state index is 0.629. The molecule has 0 bridgehead atoms. The van der Waals surface area contributed by atoms with Crippen LogP contribution in [0.25, 0.3) is 55.3 Å². The van der Waals surface area contributed by atoms with Crippen LogP contribution in [0.5, 0.6) is 0 Å². The number of hydrogen-bond donors (Lipinski definition) is 2. The molecule has 0 saturated carbocycles. The minimum absolute atomic E-state index is 0.629. The van der Waals surface area contributed by atoms with Crippen LogP contribution < -0.4 is 0 Å². The number of H-pyrrole nitrogens is 2. The Morgan fingerprint density at radius 1 is 1.00 bits per heavy atom. The van der Waals surface area contributed by atoms with E-state index in [1.807, 2.05) is 37.5 Å². The van der Waals surface area contributed by atoms with Crippen molar-refractivity contribution < 1.29 is 0 Å². The van der Waals surface area contributed by atoms with Gasteiger partial charge in [-0.25, -0.2) is 9.97 Å². The lowest BCUT2D eigenvalue weighted by Gasteiger charge is -1.98. The number of nitrogens with one attached hydrogen (secondary N) is 2. The van der Waals surface area contributed by atoms with Crippen molar-refractivity contribution >= 4 is 45.0 Å². The predicted octanol–water partition coefficient (Wildman–Crippen LogP) is 4.68. The Kier molecular flexibility index (Phi) is 3.74. The zero-order chi connectivity index (χ0) is 20.2. The number of thiophene rings is 1. The number of imidazole rings is 1. The third kappa shape index (κ3) is 2.71. The van der Waals surface area contributed by atoms with E-state index in [0.717, 1.165) is 48.1 Å². The summed E-state index contributed by atoms with van der Waals surface area (Å²) in [6, 6.07) is 7.76. The van der Waals surface area contributed by atoms with Gasteiger partial charge in [0.2, 0.25) is 0 Å². The second-order valence-corrected chi connectivity index (χ2v) is 8.56. The molecule has 0 saturated heterocycles. The molecule has 0 aliphatic carbocycles. The van der Waals surface area contributed by atoms with E-state index in [1.54, 1.807) is 23.3 Å². The lowest BCUT2D eigenvalue weighted by Crippen LogP contribution is -1.87. The van der Waals surface area contributed by atoms with E-state index in [-0.39, 0.29) is 0 Å². The standard InChI is InChI=1S/C20H13ClN8S/c1-29-9-10(6-23-29)12-2-3-13-18(24-12)19(28-27-13)20-25-14-8-22-7-11(17(14)26-20)15-4-5-16(21)30-15/h2-9H,1H3,(H,25,26)(H,27,28). The van der Waals surface area contributed by atoms with Crippen LogP contribution in [0, 0.1) is 0 Å². The highest BCUT2D eigenvalue weighted by Crippen LogP contribution is 2.35. The smallest absolute Gasteiger partial charge is 0.161 e. The summed E-state index contributed by atoms with van der Waals surface area (Å²) < 4.78 is 2.48. The van der Waals surface area contributed by atoms with E-state index >= 15 is 0 Å². The van der Waals surface area contributed by atoms with E-state index in [4.69, 9.17) is 21.6 Å². The molecule has 0 aromatic carbocycles. The Labute approximate surface area is 178 Å². The zero-order valence-electron chi connectivity index (χ0n) is 15.6. The fraction of sp³-hybridized carbons (Fsp3) is 0.0500. The number of pyridine rings is 2. The summed E-state index contributed by atoms with van der Waals surface area (Å²) >= 11 is 7.62. The SMILES string of the molecule is Cn1cc(-c2ccc3[nH]nc(-c4nc5c(-c6ccc(Cl)s6)cncc5[nH]4)c3n2)cn1. The van der Waals surface area contributed by atoms with Crippen molar-refractivity contribution in [2.45, 2.75) is 0 Å². The fourth-order valence-electron chi connectivity index (χ4n) is 3.46. The Morgan fingerprint density at radius 3 is 2.73 bits per heavy atom. The molecule has 0 aliphatic rings. The summed E-state index contributed by atoms with van der Waals surface area (Å²) in [4.78, 5) is 18.3. The van der Waals surface area contributed by atoms with Crippen molar-refractivity contribution in [2.24, 2.45) is 7.05 Å². The van der Waals surface area contributed by atoms with Crippen molar-refractivity contribution in [2.75, 3.05) is 0 Å². The number of aromatic nitrogens is 8. The molecule has 0 atom stereocenters. The molecule has 0 fully saturated rings. The number of aromatic amines is 2. The first-order chi connectivity index (χ1) is 14.7. The monoisotopic (exact) mass is 432 g/mol. The highest BCUT2D eigenvalue weighted by atomic mass is 35.5. The number of rotatable bonds is 3. The quantitative estimate of drug-likeness (QED) is 0.423. The van der Waals surface area contributed by atoms with Crippen LogP contribution in [0.2, 0.25) is 4.34 Å². The molecule has 8 nitrogen and oxygen atoms in total. The number of fused-ring (bicyclic) bond motifs is 2. The maximum atomic E-state index is 6.12. The second-order valence-electron chi connectivity index (χ2n) is 6.84. The van der Waals surface area contributed by atoms with Crippen molar-refractivity contribution in [1.82, 2.24) is 39.9 Å². The highest BCUT2D eigenvalue weighted by molar-refractivity contribution is 7.19. The van der Waals surface area contributed by atoms with Crippen molar-refractivity contribution in [3.63, 3.8) is 0 Å². The summed E-state index contributed by atoms with van der Waals surface area (Å²) in [6.45, 7) is 0. The van der Waals surface area contributed by atoms with Crippen molar-refractivity contribution in [1.29, 1.82) is 0 Å². The molecule has 2 N–H and O–H groups in total.